The van der Waals surface area contributed by atoms with Crippen LogP contribution in [0, 0.1) is 23.2 Å². The summed E-state index contributed by atoms with van der Waals surface area (Å²) in [4.78, 5) is 17.7. The largest absolute Gasteiger partial charge is 0.355 e. The number of nitrogens with one attached hydrogen (secondary N) is 1. The van der Waals surface area contributed by atoms with E-state index in [1.807, 2.05) is 18.2 Å². The quantitative estimate of drug-likeness (QED) is 0.834. The molecule has 4 aliphatic rings. The predicted octanol–water partition coefficient (Wildman–Crippen LogP) is 4.69. The standard InChI is InChI=1S/C22H26N2OS/c25-21(22-11-15-8-16(12-22)10-17(9-15)13-22)23-7-6-20-24-19(14-26-20)18-4-2-1-3-5-18/h1-5,14-17H,6-13H2,(H,23,25). The second-order valence-electron chi connectivity index (χ2n) is 8.70. The maximum absolute atomic E-state index is 13.0. The number of rotatable bonds is 5. The molecule has 1 aromatic carbocycles. The Balaban J connectivity index is 1.19. The minimum atomic E-state index is -0.0349. The minimum absolute atomic E-state index is 0.0349. The molecule has 1 aromatic heterocycles. The molecule has 0 unspecified atom stereocenters. The monoisotopic (exact) mass is 366 g/mol. The molecule has 4 bridgehead atoms. The lowest BCUT2D eigenvalue weighted by atomic mass is 9.49. The molecule has 136 valence electrons. The van der Waals surface area contributed by atoms with Crippen LogP contribution in [0.1, 0.15) is 43.5 Å². The zero-order chi connectivity index (χ0) is 17.6. The summed E-state index contributed by atoms with van der Waals surface area (Å²) in [5, 5.41) is 6.49. The van der Waals surface area contributed by atoms with Gasteiger partial charge in [0, 0.05) is 29.3 Å². The van der Waals surface area contributed by atoms with Gasteiger partial charge in [-0.05, 0) is 56.3 Å². The van der Waals surface area contributed by atoms with Gasteiger partial charge in [-0.1, -0.05) is 30.3 Å². The number of carbonyl (C=O) groups is 1. The van der Waals surface area contributed by atoms with Crippen molar-refractivity contribution in [1.82, 2.24) is 10.3 Å². The smallest absolute Gasteiger partial charge is 0.226 e. The normalized spacial score (nSPS) is 31.9. The van der Waals surface area contributed by atoms with Crippen molar-refractivity contribution < 1.29 is 4.79 Å². The molecule has 0 radical (unpaired) electrons. The molecule has 0 spiro atoms. The molecule has 4 fully saturated rings. The van der Waals surface area contributed by atoms with E-state index >= 15 is 0 Å². The highest BCUT2D eigenvalue weighted by atomic mass is 32.1. The Morgan fingerprint density at radius 2 is 1.73 bits per heavy atom. The first-order valence-corrected chi connectivity index (χ1v) is 10.9. The van der Waals surface area contributed by atoms with E-state index in [9.17, 15) is 4.79 Å². The van der Waals surface area contributed by atoms with E-state index in [4.69, 9.17) is 4.98 Å². The lowest BCUT2D eigenvalue weighted by molar-refractivity contribution is -0.146. The van der Waals surface area contributed by atoms with Crippen LogP contribution in [-0.2, 0) is 11.2 Å². The van der Waals surface area contributed by atoms with Crippen molar-refractivity contribution in [2.24, 2.45) is 23.2 Å². The highest BCUT2D eigenvalue weighted by molar-refractivity contribution is 7.09. The van der Waals surface area contributed by atoms with E-state index in [1.54, 1.807) is 11.3 Å². The molecule has 0 saturated heterocycles. The first-order chi connectivity index (χ1) is 12.7. The molecule has 1 heterocycles. The van der Waals surface area contributed by atoms with Gasteiger partial charge >= 0.3 is 0 Å². The van der Waals surface area contributed by atoms with Gasteiger partial charge in [-0.15, -0.1) is 11.3 Å². The fourth-order valence-corrected chi connectivity index (χ4v) is 6.83. The number of amides is 1. The summed E-state index contributed by atoms with van der Waals surface area (Å²) < 4.78 is 0. The average molecular weight is 367 g/mol. The second kappa shape index (κ2) is 6.49. The summed E-state index contributed by atoms with van der Waals surface area (Å²) in [5.41, 5.74) is 2.16. The Hall–Kier alpha value is -1.68. The number of benzene rings is 1. The summed E-state index contributed by atoms with van der Waals surface area (Å²) in [7, 11) is 0. The van der Waals surface area contributed by atoms with Crippen LogP contribution in [0.15, 0.2) is 35.7 Å². The van der Waals surface area contributed by atoms with Crippen molar-refractivity contribution in [2.45, 2.75) is 44.9 Å². The number of aromatic nitrogens is 1. The van der Waals surface area contributed by atoms with Crippen molar-refractivity contribution in [3.8, 4) is 11.3 Å². The molecular formula is C22H26N2OS. The minimum Gasteiger partial charge on any atom is -0.355 e. The maximum Gasteiger partial charge on any atom is 0.226 e. The maximum atomic E-state index is 13.0. The molecule has 3 nitrogen and oxygen atoms in total. The van der Waals surface area contributed by atoms with Crippen molar-refractivity contribution in [1.29, 1.82) is 0 Å². The Labute approximate surface area is 159 Å². The van der Waals surface area contributed by atoms with Crippen LogP contribution in [0.5, 0.6) is 0 Å². The van der Waals surface area contributed by atoms with E-state index in [-0.39, 0.29) is 5.41 Å². The molecule has 0 atom stereocenters. The molecule has 2 aromatic rings. The predicted molar refractivity (Wildman–Crippen MR) is 105 cm³/mol. The molecule has 0 aliphatic heterocycles. The molecule has 1 N–H and O–H groups in total. The number of hydrogen-bond acceptors (Lipinski definition) is 3. The van der Waals surface area contributed by atoms with E-state index < -0.39 is 0 Å². The summed E-state index contributed by atoms with van der Waals surface area (Å²) in [6.07, 6.45) is 8.39. The molecule has 4 heteroatoms. The van der Waals surface area contributed by atoms with Crippen LogP contribution in [0.2, 0.25) is 0 Å². The number of thiazole rings is 1. The fraction of sp³-hybridized carbons (Fsp3) is 0.545. The first-order valence-electron chi connectivity index (χ1n) is 9.98. The lowest BCUT2D eigenvalue weighted by Crippen LogP contribution is -2.53. The van der Waals surface area contributed by atoms with Crippen LogP contribution >= 0.6 is 11.3 Å². The molecule has 4 aliphatic carbocycles. The number of nitrogens with zero attached hydrogens (tertiary/aromatic N) is 1. The third-order valence-corrected chi connectivity index (χ3v) is 7.67. The Morgan fingerprint density at radius 1 is 1.08 bits per heavy atom. The summed E-state index contributed by atoms with van der Waals surface area (Å²) >= 11 is 1.69. The molecule has 6 rings (SSSR count). The Bertz CT molecular complexity index is 762. The first kappa shape index (κ1) is 16.5. The summed E-state index contributed by atoms with van der Waals surface area (Å²) in [5.74, 6) is 2.79. The number of hydrogen-bond donors (Lipinski definition) is 1. The highest BCUT2D eigenvalue weighted by Gasteiger charge is 2.54. The Kier molecular flexibility index (Phi) is 4.11. The molecule has 4 saturated carbocycles. The van der Waals surface area contributed by atoms with E-state index in [1.165, 1.54) is 19.3 Å². The van der Waals surface area contributed by atoms with Gasteiger partial charge in [0.25, 0.3) is 0 Å². The van der Waals surface area contributed by atoms with Gasteiger partial charge in [-0.3, -0.25) is 4.79 Å². The van der Waals surface area contributed by atoms with Crippen LogP contribution in [-0.4, -0.2) is 17.4 Å². The van der Waals surface area contributed by atoms with Gasteiger partial charge in [0.05, 0.1) is 10.7 Å². The summed E-state index contributed by atoms with van der Waals surface area (Å²) in [6, 6.07) is 10.3. The molecule has 1 amide bonds. The van der Waals surface area contributed by atoms with Gasteiger partial charge in [-0.2, -0.15) is 0 Å². The van der Waals surface area contributed by atoms with E-state index in [2.05, 4.69) is 22.8 Å². The van der Waals surface area contributed by atoms with Crippen molar-refractivity contribution in [2.75, 3.05) is 6.54 Å². The van der Waals surface area contributed by atoms with Crippen molar-refractivity contribution >= 4 is 17.2 Å². The Morgan fingerprint density at radius 3 is 2.38 bits per heavy atom. The average Bonchev–Trinajstić information content (AvgIpc) is 3.10. The highest BCUT2D eigenvalue weighted by Crippen LogP contribution is 2.60. The fourth-order valence-electron chi connectivity index (χ4n) is 6.03. The van der Waals surface area contributed by atoms with Gasteiger partial charge in [0.1, 0.15) is 0 Å². The number of carbonyl (C=O) groups excluding carboxylic acids is 1. The van der Waals surface area contributed by atoms with E-state index in [0.29, 0.717) is 12.5 Å². The molecule has 26 heavy (non-hydrogen) atoms. The van der Waals surface area contributed by atoms with Crippen molar-refractivity contribution in [3.05, 3.63) is 40.7 Å². The lowest BCUT2D eigenvalue weighted by Gasteiger charge is -2.55. The van der Waals surface area contributed by atoms with Gasteiger partial charge in [0.15, 0.2) is 0 Å². The third-order valence-electron chi connectivity index (χ3n) is 6.77. The van der Waals surface area contributed by atoms with Gasteiger partial charge < -0.3 is 5.32 Å². The molecular weight excluding hydrogens is 340 g/mol. The van der Waals surface area contributed by atoms with Crippen LogP contribution in [0.25, 0.3) is 11.3 Å². The zero-order valence-corrected chi connectivity index (χ0v) is 15.9. The van der Waals surface area contributed by atoms with Crippen LogP contribution in [0.4, 0.5) is 0 Å². The van der Waals surface area contributed by atoms with Crippen LogP contribution in [0.3, 0.4) is 0 Å². The van der Waals surface area contributed by atoms with Crippen LogP contribution < -0.4 is 5.32 Å². The SMILES string of the molecule is O=C(NCCc1nc(-c2ccccc2)cs1)C12CC3CC(CC(C3)C1)C2. The zero-order valence-electron chi connectivity index (χ0n) is 15.1. The van der Waals surface area contributed by atoms with Gasteiger partial charge in [0.2, 0.25) is 5.91 Å². The third kappa shape index (κ3) is 2.98. The van der Waals surface area contributed by atoms with Crippen molar-refractivity contribution in [3.63, 3.8) is 0 Å². The summed E-state index contributed by atoms with van der Waals surface area (Å²) in [6.45, 7) is 0.711. The second-order valence-corrected chi connectivity index (χ2v) is 9.64. The van der Waals surface area contributed by atoms with E-state index in [0.717, 1.165) is 59.7 Å². The van der Waals surface area contributed by atoms with Gasteiger partial charge in [-0.25, -0.2) is 4.98 Å². The topological polar surface area (TPSA) is 42.0 Å².